The molecule has 2 unspecified atom stereocenters. The van der Waals surface area contributed by atoms with E-state index in [2.05, 4.69) is 56.3 Å². The molecule has 108 valence electrons. The molecule has 3 heteroatoms. The van der Waals surface area contributed by atoms with E-state index in [9.17, 15) is 0 Å². The third-order valence-electron chi connectivity index (χ3n) is 3.83. The van der Waals surface area contributed by atoms with Crippen molar-refractivity contribution >= 4 is 11.8 Å². The van der Waals surface area contributed by atoms with Crippen LogP contribution in [0.4, 0.5) is 0 Å². The summed E-state index contributed by atoms with van der Waals surface area (Å²) in [5.41, 5.74) is 8.91. The van der Waals surface area contributed by atoms with Gasteiger partial charge < -0.3 is 10.6 Å². The molecule has 0 aliphatic carbocycles. The number of nitrogens with zero attached hydrogens (tertiary/aromatic N) is 1. The van der Waals surface area contributed by atoms with Crippen LogP contribution in [-0.2, 0) is 0 Å². The van der Waals surface area contributed by atoms with Crippen molar-refractivity contribution in [3.63, 3.8) is 0 Å². The molecule has 1 rings (SSSR count). The van der Waals surface area contributed by atoms with E-state index in [1.165, 1.54) is 23.3 Å². The van der Waals surface area contributed by atoms with Gasteiger partial charge in [-0.2, -0.15) is 11.8 Å². The maximum Gasteiger partial charge on any atom is 0.0309 e. The molecule has 1 aromatic carbocycles. The first-order chi connectivity index (χ1) is 9.10. The highest BCUT2D eigenvalue weighted by atomic mass is 32.2. The summed E-state index contributed by atoms with van der Waals surface area (Å²) in [6.07, 6.45) is 4.40. The van der Waals surface area contributed by atoms with Gasteiger partial charge >= 0.3 is 0 Å². The van der Waals surface area contributed by atoms with Gasteiger partial charge in [0.15, 0.2) is 0 Å². The first kappa shape index (κ1) is 16.5. The normalized spacial score (nSPS) is 14.6. The van der Waals surface area contributed by atoms with Crippen LogP contribution < -0.4 is 5.73 Å². The second-order valence-electron chi connectivity index (χ2n) is 5.25. The van der Waals surface area contributed by atoms with Gasteiger partial charge in [0.1, 0.15) is 0 Å². The van der Waals surface area contributed by atoms with E-state index in [1.807, 2.05) is 11.8 Å². The van der Waals surface area contributed by atoms with E-state index in [4.69, 9.17) is 5.73 Å². The standard InChI is InChI=1S/C16H28N2S/c1-5-14(12-19-4)18(3)11-10-16(17)15-9-7-6-8-13(15)2/h6-9,14,16H,5,10-12,17H2,1-4H3. The molecule has 0 aromatic heterocycles. The summed E-state index contributed by atoms with van der Waals surface area (Å²) in [6, 6.07) is 9.26. The zero-order valence-electron chi connectivity index (χ0n) is 12.7. The summed E-state index contributed by atoms with van der Waals surface area (Å²) < 4.78 is 0. The van der Waals surface area contributed by atoms with E-state index in [0.29, 0.717) is 6.04 Å². The highest BCUT2D eigenvalue weighted by molar-refractivity contribution is 7.98. The minimum absolute atomic E-state index is 0.149. The molecule has 0 bridgehead atoms. The lowest BCUT2D eigenvalue weighted by Crippen LogP contribution is -2.35. The molecule has 0 radical (unpaired) electrons. The van der Waals surface area contributed by atoms with Crippen LogP contribution in [0, 0.1) is 6.92 Å². The third-order valence-corrected chi connectivity index (χ3v) is 4.55. The number of aryl methyl sites for hydroxylation is 1. The average Bonchev–Trinajstić information content (AvgIpc) is 2.42. The molecule has 0 aliphatic rings. The third kappa shape index (κ3) is 5.17. The fourth-order valence-electron chi connectivity index (χ4n) is 2.43. The van der Waals surface area contributed by atoms with E-state index >= 15 is 0 Å². The van der Waals surface area contributed by atoms with Crippen LogP contribution >= 0.6 is 11.8 Å². The van der Waals surface area contributed by atoms with Crippen molar-refractivity contribution in [1.29, 1.82) is 0 Å². The Kier molecular flexibility index (Phi) is 7.51. The summed E-state index contributed by atoms with van der Waals surface area (Å²) >= 11 is 1.92. The minimum atomic E-state index is 0.149. The Morgan fingerprint density at radius 1 is 1.32 bits per heavy atom. The molecule has 0 aliphatic heterocycles. The zero-order valence-corrected chi connectivity index (χ0v) is 13.5. The summed E-state index contributed by atoms with van der Waals surface area (Å²) in [5.74, 6) is 1.20. The van der Waals surface area contributed by atoms with Crippen molar-refractivity contribution in [2.45, 2.75) is 38.8 Å². The molecule has 2 nitrogen and oxygen atoms in total. The fourth-order valence-corrected chi connectivity index (χ4v) is 3.31. The monoisotopic (exact) mass is 280 g/mol. The topological polar surface area (TPSA) is 29.3 Å². The van der Waals surface area contributed by atoms with Crippen LogP contribution in [0.1, 0.15) is 36.9 Å². The molecule has 2 N–H and O–H groups in total. The van der Waals surface area contributed by atoms with E-state index in [0.717, 1.165) is 13.0 Å². The summed E-state index contributed by atoms with van der Waals surface area (Å²) in [4.78, 5) is 2.45. The van der Waals surface area contributed by atoms with Gasteiger partial charge in [-0.3, -0.25) is 0 Å². The van der Waals surface area contributed by atoms with E-state index in [1.54, 1.807) is 0 Å². The first-order valence-electron chi connectivity index (χ1n) is 7.10. The Balaban J connectivity index is 2.50. The van der Waals surface area contributed by atoms with Crippen LogP contribution in [0.3, 0.4) is 0 Å². The van der Waals surface area contributed by atoms with Gasteiger partial charge in [-0.05, 0) is 50.7 Å². The van der Waals surface area contributed by atoms with Crippen LogP contribution in [-0.4, -0.2) is 36.5 Å². The van der Waals surface area contributed by atoms with Crippen molar-refractivity contribution in [1.82, 2.24) is 4.90 Å². The van der Waals surface area contributed by atoms with Crippen LogP contribution in [0.5, 0.6) is 0 Å². The lowest BCUT2D eigenvalue weighted by Gasteiger charge is -2.28. The number of hydrogen-bond acceptors (Lipinski definition) is 3. The summed E-state index contributed by atoms with van der Waals surface area (Å²) in [6.45, 7) is 5.47. The fraction of sp³-hybridized carbons (Fsp3) is 0.625. The van der Waals surface area contributed by atoms with Gasteiger partial charge in [0.05, 0.1) is 0 Å². The van der Waals surface area contributed by atoms with Crippen LogP contribution in [0.15, 0.2) is 24.3 Å². The summed E-state index contributed by atoms with van der Waals surface area (Å²) in [7, 11) is 2.22. The number of nitrogens with two attached hydrogens (primary N) is 1. The molecule has 0 saturated heterocycles. The van der Waals surface area contributed by atoms with Crippen molar-refractivity contribution in [2.24, 2.45) is 5.73 Å². The molecule has 0 heterocycles. The van der Waals surface area contributed by atoms with Crippen molar-refractivity contribution in [3.8, 4) is 0 Å². The highest BCUT2D eigenvalue weighted by Crippen LogP contribution is 2.19. The molecule has 2 atom stereocenters. The molecule has 0 fully saturated rings. The minimum Gasteiger partial charge on any atom is -0.324 e. The number of thioether (sulfide) groups is 1. The van der Waals surface area contributed by atoms with Crippen molar-refractivity contribution in [2.75, 3.05) is 25.6 Å². The molecule has 0 amide bonds. The van der Waals surface area contributed by atoms with Gasteiger partial charge in [-0.25, -0.2) is 0 Å². The Bertz CT molecular complexity index is 368. The van der Waals surface area contributed by atoms with Crippen LogP contribution in [0.2, 0.25) is 0 Å². The molecular formula is C16H28N2S. The van der Waals surface area contributed by atoms with Gasteiger partial charge in [-0.15, -0.1) is 0 Å². The van der Waals surface area contributed by atoms with Gasteiger partial charge in [0.2, 0.25) is 0 Å². The van der Waals surface area contributed by atoms with Crippen LogP contribution in [0.25, 0.3) is 0 Å². The Morgan fingerprint density at radius 3 is 2.58 bits per heavy atom. The Hall–Kier alpha value is -0.510. The predicted octanol–water partition coefficient (Wildman–Crippen LogP) is 3.46. The zero-order chi connectivity index (χ0) is 14.3. The number of benzene rings is 1. The lowest BCUT2D eigenvalue weighted by atomic mass is 9.99. The summed E-state index contributed by atoms with van der Waals surface area (Å²) in [5, 5.41) is 0. The molecule has 0 spiro atoms. The SMILES string of the molecule is CCC(CSC)N(C)CCC(N)c1ccccc1C. The average molecular weight is 280 g/mol. The Labute approximate surface area is 122 Å². The number of rotatable bonds is 8. The Morgan fingerprint density at radius 2 is 2.00 bits per heavy atom. The lowest BCUT2D eigenvalue weighted by molar-refractivity contribution is 0.246. The van der Waals surface area contributed by atoms with Crippen molar-refractivity contribution < 1.29 is 0 Å². The van der Waals surface area contributed by atoms with Crippen molar-refractivity contribution in [3.05, 3.63) is 35.4 Å². The first-order valence-corrected chi connectivity index (χ1v) is 8.49. The smallest absolute Gasteiger partial charge is 0.0309 e. The second kappa shape index (κ2) is 8.62. The maximum absolute atomic E-state index is 6.33. The second-order valence-corrected chi connectivity index (χ2v) is 6.16. The van der Waals surface area contributed by atoms with Gasteiger partial charge in [-0.1, -0.05) is 31.2 Å². The quantitative estimate of drug-likeness (QED) is 0.791. The van der Waals surface area contributed by atoms with E-state index in [-0.39, 0.29) is 6.04 Å². The highest BCUT2D eigenvalue weighted by Gasteiger charge is 2.14. The molecule has 0 saturated carbocycles. The molecule has 1 aromatic rings. The number of hydrogen-bond donors (Lipinski definition) is 1. The molecular weight excluding hydrogens is 252 g/mol. The molecule has 19 heavy (non-hydrogen) atoms. The van der Waals surface area contributed by atoms with E-state index < -0.39 is 0 Å². The predicted molar refractivity (Wildman–Crippen MR) is 87.8 cm³/mol. The van der Waals surface area contributed by atoms with Gasteiger partial charge in [0, 0.05) is 17.8 Å². The largest absolute Gasteiger partial charge is 0.324 e. The van der Waals surface area contributed by atoms with Gasteiger partial charge in [0.25, 0.3) is 0 Å². The maximum atomic E-state index is 6.33.